The van der Waals surface area contributed by atoms with Crippen molar-refractivity contribution in [2.75, 3.05) is 26.3 Å². The highest BCUT2D eigenvalue weighted by Crippen LogP contribution is 2.32. The molecule has 2 fully saturated rings. The number of carbonyl (C=O) groups excluding carboxylic acids is 1. The lowest BCUT2D eigenvalue weighted by molar-refractivity contribution is -0.181. The van der Waals surface area contributed by atoms with Crippen molar-refractivity contribution in [2.45, 2.75) is 25.6 Å². The number of carbonyl (C=O) groups is 1. The van der Waals surface area contributed by atoms with Crippen LogP contribution in [0.5, 0.6) is 0 Å². The van der Waals surface area contributed by atoms with Crippen molar-refractivity contribution in [3.63, 3.8) is 0 Å². The molecule has 0 radical (unpaired) electrons. The molecule has 0 saturated carbocycles. The van der Waals surface area contributed by atoms with Crippen molar-refractivity contribution >= 4 is 17.5 Å². The number of rotatable bonds is 2. The lowest BCUT2D eigenvalue weighted by Gasteiger charge is -2.37. The zero-order chi connectivity index (χ0) is 17.4. The summed E-state index contributed by atoms with van der Waals surface area (Å²) in [5.74, 6) is -0.477. The Kier molecular flexibility index (Phi) is 4.27. The Morgan fingerprint density at radius 3 is 2.64 bits per heavy atom. The van der Waals surface area contributed by atoms with E-state index in [0.29, 0.717) is 49.7 Å². The number of halogens is 1. The number of hydrogen-bond acceptors (Lipinski definition) is 4. The fourth-order valence-electron chi connectivity index (χ4n) is 3.49. The summed E-state index contributed by atoms with van der Waals surface area (Å²) in [7, 11) is 0. The second-order valence-corrected chi connectivity index (χ2v) is 6.87. The molecule has 2 aliphatic heterocycles. The highest BCUT2D eigenvalue weighted by molar-refractivity contribution is 6.30. The molecular formula is C18H20ClN3O3. The summed E-state index contributed by atoms with van der Waals surface area (Å²) in [5, 5.41) is 5.01. The van der Waals surface area contributed by atoms with Gasteiger partial charge < -0.3 is 14.4 Å². The van der Waals surface area contributed by atoms with E-state index in [9.17, 15) is 4.79 Å². The Morgan fingerprint density at radius 1 is 1.24 bits per heavy atom. The van der Waals surface area contributed by atoms with E-state index in [1.54, 1.807) is 10.9 Å². The molecule has 6 nitrogen and oxygen atoms in total. The first-order valence-corrected chi connectivity index (χ1v) is 8.84. The van der Waals surface area contributed by atoms with E-state index >= 15 is 0 Å². The summed E-state index contributed by atoms with van der Waals surface area (Å²) < 4.78 is 13.2. The molecule has 1 spiro atoms. The van der Waals surface area contributed by atoms with Crippen LogP contribution in [0.1, 0.15) is 28.9 Å². The Balaban J connectivity index is 1.52. The van der Waals surface area contributed by atoms with Crippen LogP contribution in [0.4, 0.5) is 0 Å². The first-order valence-electron chi connectivity index (χ1n) is 8.46. The van der Waals surface area contributed by atoms with Gasteiger partial charge >= 0.3 is 0 Å². The van der Waals surface area contributed by atoms with Gasteiger partial charge in [0.2, 0.25) is 0 Å². The molecule has 2 saturated heterocycles. The van der Waals surface area contributed by atoms with Gasteiger partial charge in [-0.05, 0) is 25.1 Å². The summed E-state index contributed by atoms with van der Waals surface area (Å²) in [6.07, 6.45) is 3.05. The topological polar surface area (TPSA) is 56.6 Å². The second kappa shape index (κ2) is 6.44. The number of amides is 1. The fraction of sp³-hybridized carbons (Fsp3) is 0.444. The zero-order valence-corrected chi connectivity index (χ0v) is 14.8. The number of hydrogen-bond donors (Lipinski definition) is 0. The van der Waals surface area contributed by atoms with Crippen molar-refractivity contribution in [1.29, 1.82) is 0 Å². The van der Waals surface area contributed by atoms with Crippen molar-refractivity contribution < 1.29 is 14.3 Å². The van der Waals surface area contributed by atoms with Crippen LogP contribution in [-0.2, 0) is 9.47 Å². The molecule has 3 heterocycles. The highest BCUT2D eigenvalue weighted by atomic mass is 35.5. The highest BCUT2D eigenvalue weighted by Gasteiger charge is 2.41. The van der Waals surface area contributed by atoms with Gasteiger partial charge in [0.1, 0.15) is 0 Å². The Hall–Kier alpha value is -1.89. The van der Waals surface area contributed by atoms with Crippen LogP contribution in [-0.4, -0.2) is 52.7 Å². The molecule has 0 atom stereocenters. The maximum Gasteiger partial charge on any atom is 0.257 e. The van der Waals surface area contributed by atoms with Crippen LogP contribution in [0, 0.1) is 6.92 Å². The van der Waals surface area contributed by atoms with Gasteiger partial charge in [0.15, 0.2) is 5.79 Å². The minimum Gasteiger partial charge on any atom is -0.347 e. The predicted molar refractivity (Wildman–Crippen MR) is 93.1 cm³/mol. The van der Waals surface area contributed by atoms with E-state index in [2.05, 4.69) is 5.10 Å². The van der Waals surface area contributed by atoms with Crippen LogP contribution < -0.4 is 0 Å². The first-order chi connectivity index (χ1) is 12.1. The number of likely N-dealkylation sites (tertiary alicyclic amines) is 1. The third kappa shape index (κ3) is 3.05. The fourth-order valence-corrected chi connectivity index (χ4v) is 3.68. The molecular weight excluding hydrogens is 342 g/mol. The number of benzene rings is 1. The SMILES string of the molecule is Cc1c(C(=O)N2CCC3(CC2)OCCO3)cnn1-c1cccc(Cl)c1. The molecule has 132 valence electrons. The number of piperidine rings is 1. The van der Waals surface area contributed by atoms with Crippen LogP contribution >= 0.6 is 11.6 Å². The van der Waals surface area contributed by atoms with Gasteiger partial charge in [-0.15, -0.1) is 0 Å². The third-order valence-corrected chi connectivity index (χ3v) is 5.15. The van der Waals surface area contributed by atoms with Gasteiger partial charge in [-0.3, -0.25) is 4.79 Å². The lowest BCUT2D eigenvalue weighted by Crippen LogP contribution is -2.47. The standard InChI is InChI=1S/C18H20ClN3O3/c1-13-16(12-20-22(13)15-4-2-3-14(19)11-15)17(23)21-7-5-18(6-8-21)24-9-10-25-18/h2-4,11-12H,5-10H2,1H3. The molecule has 4 rings (SSSR count). The molecule has 0 N–H and O–H groups in total. The maximum absolute atomic E-state index is 12.9. The van der Waals surface area contributed by atoms with E-state index in [-0.39, 0.29) is 5.91 Å². The first kappa shape index (κ1) is 16.6. The van der Waals surface area contributed by atoms with Crippen LogP contribution in [0.25, 0.3) is 5.69 Å². The molecule has 25 heavy (non-hydrogen) atoms. The molecule has 7 heteroatoms. The Bertz CT molecular complexity index is 789. The Morgan fingerprint density at radius 2 is 1.96 bits per heavy atom. The van der Waals surface area contributed by atoms with Crippen molar-refractivity contribution in [3.05, 3.63) is 46.7 Å². The molecule has 1 aromatic carbocycles. The van der Waals surface area contributed by atoms with Crippen molar-refractivity contribution in [1.82, 2.24) is 14.7 Å². The summed E-state index contributed by atoms with van der Waals surface area (Å²) in [6.45, 7) is 4.43. The summed E-state index contributed by atoms with van der Waals surface area (Å²) in [6, 6.07) is 7.42. The predicted octanol–water partition coefficient (Wildman–Crippen LogP) is 2.81. The number of nitrogens with zero attached hydrogens (tertiary/aromatic N) is 3. The van der Waals surface area contributed by atoms with E-state index in [1.807, 2.05) is 36.1 Å². The number of ether oxygens (including phenoxy) is 2. The van der Waals surface area contributed by atoms with E-state index < -0.39 is 5.79 Å². The quantitative estimate of drug-likeness (QED) is 0.825. The lowest BCUT2D eigenvalue weighted by atomic mass is 10.0. The van der Waals surface area contributed by atoms with E-state index in [1.165, 1.54) is 0 Å². The smallest absolute Gasteiger partial charge is 0.257 e. The van der Waals surface area contributed by atoms with Gasteiger partial charge in [-0.25, -0.2) is 4.68 Å². The van der Waals surface area contributed by atoms with E-state index in [4.69, 9.17) is 21.1 Å². The van der Waals surface area contributed by atoms with Crippen LogP contribution in [0.3, 0.4) is 0 Å². The van der Waals surface area contributed by atoms with E-state index in [0.717, 1.165) is 11.4 Å². The minimum absolute atomic E-state index is 0.00127. The van der Waals surface area contributed by atoms with Gasteiger partial charge in [0.05, 0.1) is 36.4 Å². The third-order valence-electron chi connectivity index (χ3n) is 4.92. The molecule has 1 aromatic heterocycles. The average molecular weight is 362 g/mol. The van der Waals surface area contributed by atoms with Gasteiger partial charge in [0, 0.05) is 31.0 Å². The molecule has 2 aromatic rings. The maximum atomic E-state index is 12.9. The zero-order valence-electron chi connectivity index (χ0n) is 14.1. The average Bonchev–Trinajstić information content (AvgIpc) is 3.22. The molecule has 0 bridgehead atoms. The number of aromatic nitrogens is 2. The normalized spacial score (nSPS) is 19.5. The molecule has 2 aliphatic rings. The Labute approximate surface area is 151 Å². The van der Waals surface area contributed by atoms with Gasteiger partial charge in [-0.1, -0.05) is 17.7 Å². The molecule has 0 unspecified atom stereocenters. The van der Waals surface area contributed by atoms with Gasteiger partial charge in [-0.2, -0.15) is 5.10 Å². The summed E-state index contributed by atoms with van der Waals surface area (Å²) >= 11 is 6.06. The molecule has 0 aliphatic carbocycles. The molecule has 1 amide bonds. The van der Waals surface area contributed by atoms with Crippen molar-refractivity contribution in [2.24, 2.45) is 0 Å². The van der Waals surface area contributed by atoms with Crippen LogP contribution in [0.2, 0.25) is 5.02 Å². The largest absolute Gasteiger partial charge is 0.347 e. The monoisotopic (exact) mass is 361 g/mol. The van der Waals surface area contributed by atoms with Gasteiger partial charge in [0.25, 0.3) is 5.91 Å². The summed E-state index contributed by atoms with van der Waals surface area (Å²) in [4.78, 5) is 14.8. The summed E-state index contributed by atoms with van der Waals surface area (Å²) in [5.41, 5.74) is 2.26. The van der Waals surface area contributed by atoms with Crippen molar-refractivity contribution in [3.8, 4) is 5.69 Å². The van der Waals surface area contributed by atoms with Crippen LogP contribution in [0.15, 0.2) is 30.5 Å². The minimum atomic E-state index is -0.475. The second-order valence-electron chi connectivity index (χ2n) is 6.44.